The summed E-state index contributed by atoms with van der Waals surface area (Å²) in [4.78, 5) is 13.7. The number of H-pyrrole nitrogens is 1. The number of aromatic amines is 1. The number of likely N-dealkylation sites (N-methyl/N-ethyl adjacent to an activating group) is 1. The zero-order valence-electron chi connectivity index (χ0n) is 9.99. The number of hydrogen-bond acceptors (Lipinski definition) is 3. The molecule has 90 valence electrons. The topological polar surface area (TPSA) is 53.9 Å². The molecule has 0 aliphatic carbocycles. The van der Waals surface area contributed by atoms with Gasteiger partial charge in [0, 0.05) is 19.5 Å². The van der Waals surface area contributed by atoms with Gasteiger partial charge in [0.05, 0.1) is 0 Å². The Bertz CT molecular complexity index is 405. The van der Waals surface area contributed by atoms with Crippen molar-refractivity contribution in [3.63, 3.8) is 0 Å². The number of nitrogens with one attached hydrogen (secondary N) is 1. The van der Waals surface area contributed by atoms with E-state index in [9.17, 15) is 4.79 Å². The van der Waals surface area contributed by atoms with Crippen molar-refractivity contribution in [1.82, 2.24) is 19.7 Å². The highest BCUT2D eigenvalue weighted by atomic mass is 32.1. The molecule has 0 aromatic carbocycles. The summed E-state index contributed by atoms with van der Waals surface area (Å²) in [6.45, 7) is 7.65. The van der Waals surface area contributed by atoms with Crippen molar-refractivity contribution < 1.29 is 4.79 Å². The van der Waals surface area contributed by atoms with E-state index in [1.807, 2.05) is 20.8 Å². The Morgan fingerprint density at radius 2 is 2.06 bits per heavy atom. The molecular weight excluding hydrogens is 224 g/mol. The fourth-order valence-electron chi connectivity index (χ4n) is 1.59. The van der Waals surface area contributed by atoms with Gasteiger partial charge in [-0.15, -0.1) is 0 Å². The van der Waals surface area contributed by atoms with Crippen LogP contribution in [0.3, 0.4) is 0 Å². The van der Waals surface area contributed by atoms with Gasteiger partial charge in [-0.1, -0.05) is 6.92 Å². The van der Waals surface area contributed by atoms with Gasteiger partial charge in [0.2, 0.25) is 5.91 Å². The molecule has 1 heterocycles. The molecule has 0 aliphatic heterocycles. The van der Waals surface area contributed by atoms with Gasteiger partial charge in [-0.05, 0) is 26.1 Å². The zero-order chi connectivity index (χ0) is 12.1. The highest BCUT2D eigenvalue weighted by Gasteiger charge is 2.13. The highest BCUT2D eigenvalue weighted by Crippen LogP contribution is 2.01. The third-order valence-corrected chi connectivity index (χ3v) is 2.87. The predicted octanol–water partition coefficient (Wildman–Crippen LogP) is 1.37. The average molecular weight is 242 g/mol. The minimum atomic E-state index is 0.0807. The Morgan fingerprint density at radius 3 is 2.56 bits per heavy atom. The van der Waals surface area contributed by atoms with E-state index in [1.54, 1.807) is 9.47 Å². The first-order valence-electron chi connectivity index (χ1n) is 5.55. The third-order valence-electron chi connectivity index (χ3n) is 2.56. The largest absolute Gasteiger partial charge is 0.342 e. The Hall–Kier alpha value is -1.17. The molecule has 1 rings (SSSR count). The second-order valence-corrected chi connectivity index (χ2v) is 3.84. The van der Waals surface area contributed by atoms with Crippen LogP contribution in [0.25, 0.3) is 0 Å². The fraction of sp³-hybridized carbons (Fsp3) is 0.700. The third kappa shape index (κ3) is 2.69. The lowest BCUT2D eigenvalue weighted by Gasteiger charge is -2.19. The molecule has 0 spiro atoms. The molecule has 0 atom stereocenters. The van der Waals surface area contributed by atoms with Crippen LogP contribution in [-0.2, 0) is 17.8 Å². The standard InChI is InChI=1S/C10H18N4OS/c1-4-8-11-12-10(16)14(8)7-9(15)13(5-2)6-3/h4-7H2,1-3H3,(H,12,16). The molecule has 0 fully saturated rings. The van der Waals surface area contributed by atoms with E-state index >= 15 is 0 Å². The summed E-state index contributed by atoms with van der Waals surface area (Å²) in [6, 6.07) is 0. The maximum absolute atomic E-state index is 11.9. The van der Waals surface area contributed by atoms with Crippen LogP contribution in [0.4, 0.5) is 0 Å². The molecule has 1 amide bonds. The molecule has 0 unspecified atom stereocenters. The molecule has 5 nitrogen and oxygen atoms in total. The van der Waals surface area contributed by atoms with E-state index in [-0.39, 0.29) is 12.5 Å². The molecule has 0 radical (unpaired) electrons. The van der Waals surface area contributed by atoms with Gasteiger partial charge < -0.3 is 4.90 Å². The molecule has 1 N–H and O–H groups in total. The smallest absolute Gasteiger partial charge is 0.242 e. The Balaban J connectivity index is 2.83. The van der Waals surface area contributed by atoms with Gasteiger partial charge in [-0.2, -0.15) is 5.10 Å². The molecule has 6 heteroatoms. The molecule has 0 saturated carbocycles. The normalized spacial score (nSPS) is 10.4. The molecular formula is C10H18N4OS. The van der Waals surface area contributed by atoms with Crippen molar-refractivity contribution in [1.29, 1.82) is 0 Å². The van der Waals surface area contributed by atoms with Crippen LogP contribution in [0.5, 0.6) is 0 Å². The van der Waals surface area contributed by atoms with Crippen LogP contribution >= 0.6 is 12.2 Å². The molecule has 0 aliphatic rings. The van der Waals surface area contributed by atoms with Crippen molar-refractivity contribution in [2.24, 2.45) is 0 Å². The lowest BCUT2D eigenvalue weighted by Crippen LogP contribution is -2.33. The number of aromatic nitrogens is 3. The number of carbonyl (C=O) groups is 1. The van der Waals surface area contributed by atoms with E-state index < -0.39 is 0 Å². The molecule has 0 saturated heterocycles. The summed E-state index contributed by atoms with van der Waals surface area (Å²) >= 11 is 5.09. The number of carbonyl (C=O) groups excluding carboxylic acids is 1. The SMILES string of the molecule is CCc1n[nH]c(=S)n1CC(=O)N(CC)CC. The van der Waals surface area contributed by atoms with Gasteiger partial charge in [-0.3, -0.25) is 14.5 Å². The van der Waals surface area contributed by atoms with E-state index in [0.29, 0.717) is 4.77 Å². The van der Waals surface area contributed by atoms with E-state index in [1.165, 1.54) is 0 Å². The van der Waals surface area contributed by atoms with Crippen LogP contribution in [0, 0.1) is 4.77 Å². The maximum Gasteiger partial charge on any atom is 0.242 e. The average Bonchev–Trinajstić information content (AvgIpc) is 2.62. The number of aryl methyl sites for hydroxylation is 1. The first-order valence-corrected chi connectivity index (χ1v) is 5.96. The summed E-state index contributed by atoms with van der Waals surface area (Å²) < 4.78 is 2.27. The number of hydrogen-bond donors (Lipinski definition) is 1. The molecule has 1 aromatic rings. The highest BCUT2D eigenvalue weighted by molar-refractivity contribution is 7.71. The fourth-order valence-corrected chi connectivity index (χ4v) is 1.81. The first-order chi connectivity index (χ1) is 7.63. The van der Waals surface area contributed by atoms with Gasteiger partial charge in [-0.25, -0.2) is 0 Å². The second kappa shape index (κ2) is 5.79. The zero-order valence-corrected chi connectivity index (χ0v) is 10.8. The maximum atomic E-state index is 11.9. The monoisotopic (exact) mass is 242 g/mol. The lowest BCUT2D eigenvalue weighted by molar-refractivity contribution is -0.131. The molecule has 16 heavy (non-hydrogen) atoms. The first kappa shape index (κ1) is 12.9. The van der Waals surface area contributed by atoms with Gasteiger partial charge in [0.15, 0.2) is 4.77 Å². The van der Waals surface area contributed by atoms with Crippen LogP contribution in [0.15, 0.2) is 0 Å². The minimum absolute atomic E-state index is 0.0807. The summed E-state index contributed by atoms with van der Waals surface area (Å²) in [5.74, 6) is 0.905. The van der Waals surface area contributed by atoms with Crippen molar-refractivity contribution in [2.75, 3.05) is 13.1 Å². The Morgan fingerprint density at radius 1 is 1.44 bits per heavy atom. The molecule has 0 bridgehead atoms. The van der Waals surface area contributed by atoms with E-state index in [0.717, 1.165) is 25.3 Å². The van der Waals surface area contributed by atoms with E-state index in [4.69, 9.17) is 12.2 Å². The van der Waals surface area contributed by atoms with Crippen LogP contribution < -0.4 is 0 Å². The van der Waals surface area contributed by atoms with Gasteiger partial charge >= 0.3 is 0 Å². The summed E-state index contributed by atoms with van der Waals surface area (Å²) in [5, 5.41) is 6.79. The van der Waals surface area contributed by atoms with E-state index in [2.05, 4.69) is 10.2 Å². The van der Waals surface area contributed by atoms with Crippen molar-refractivity contribution >= 4 is 18.1 Å². The number of nitrogens with zero attached hydrogens (tertiary/aromatic N) is 3. The van der Waals surface area contributed by atoms with Gasteiger partial charge in [0.1, 0.15) is 12.4 Å². The second-order valence-electron chi connectivity index (χ2n) is 3.45. The van der Waals surface area contributed by atoms with Crippen molar-refractivity contribution in [3.05, 3.63) is 10.6 Å². The number of amides is 1. The van der Waals surface area contributed by atoms with Crippen molar-refractivity contribution in [3.8, 4) is 0 Å². The van der Waals surface area contributed by atoms with Gasteiger partial charge in [0.25, 0.3) is 0 Å². The van der Waals surface area contributed by atoms with Crippen LogP contribution in [0.2, 0.25) is 0 Å². The van der Waals surface area contributed by atoms with Crippen molar-refractivity contribution in [2.45, 2.75) is 33.7 Å². The minimum Gasteiger partial charge on any atom is -0.342 e. The Labute approximate surface area is 100 Å². The van der Waals surface area contributed by atoms with Crippen LogP contribution in [-0.4, -0.2) is 38.7 Å². The summed E-state index contributed by atoms with van der Waals surface area (Å²) in [7, 11) is 0. The predicted molar refractivity (Wildman–Crippen MR) is 64.7 cm³/mol. The Kier molecular flexibility index (Phi) is 4.67. The quantitative estimate of drug-likeness (QED) is 0.793. The lowest BCUT2D eigenvalue weighted by atomic mass is 10.4. The number of rotatable bonds is 5. The summed E-state index contributed by atoms with van der Waals surface area (Å²) in [5.41, 5.74) is 0. The summed E-state index contributed by atoms with van der Waals surface area (Å²) in [6.07, 6.45) is 0.763. The molecule has 1 aromatic heterocycles. The van der Waals surface area contributed by atoms with Crippen LogP contribution in [0.1, 0.15) is 26.6 Å².